The average molecular weight is 361 g/mol. The van der Waals surface area contributed by atoms with E-state index in [2.05, 4.69) is 21.0 Å². The van der Waals surface area contributed by atoms with E-state index in [0.29, 0.717) is 16.2 Å². The van der Waals surface area contributed by atoms with Gasteiger partial charge in [0, 0.05) is 12.7 Å². The highest BCUT2D eigenvalue weighted by Crippen LogP contribution is 2.25. The third-order valence-electron chi connectivity index (χ3n) is 3.11. The lowest BCUT2D eigenvalue weighted by Crippen LogP contribution is -2.08. The summed E-state index contributed by atoms with van der Waals surface area (Å²) in [5.74, 6) is -0.950. The van der Waals surface area contributed by atoms with Gasteiger partial charge < -0.3 is 9.67 Å². The molecule has 2 aromatic rings. The third-order valence-corrected chi connectivity index (χ3v) is 4.23. The fourth-order valence-electron chi connectivity index (χ4n) is 2.05. The van der Waals surface area contributed by atoms with Crippen LogP contribution < -0.4 is 0 Å². The Balaban J connectivity index is 2.39. The van der Waals surface area contributed by atoms with Gasteiger partial charge in [0.15, 0.2) is 0 Å². The van der Waals surface area contributed by atoms with Gasteiger partial charge in [0.2, 0.25) is 0 Å². The first-order chi connectivity index (χ1) is 9.47. The van der Waals surface area contributed by atoms with Crippen molar-refractivity contribution >= 4 is 33.5 Å². The first kappa shape index (κ1) is 15.1. The fourth-order valence-corrected chi connectivity index (χ4v) is 2.85. The Hall–Kier alpha value is -1.27. The quantitative estimate of drug-likeness (QED) is 0.888. The number of nitrogens with zero attached hydrogens (tertiary/aromatic N) is 3. The van der Waals surface area contributed by atoms with Gasteiger partial charge >= 0.3 is 5.97 Å². The molecule has 2 rings (SSSR count). The molecule has 0 aliphatic carbocycles. The smallest absolute Gasteiger partial charge is 0.337 e. The number of hydrogen-bond acceptors (Lipinski definition) is 2. The Morgan fingerprint density at radius 1 is 1.50 bits per heavy atom. The third kappa shape index (κ3) is 2.76. The molecule has 0 aromatic carbocycles. The molecule has 0 amide bonds. The van der Waals surface area contributed by atoms with Crippen LogP contribution in [0.25, 0.3) is 0 Å². The Morgan fingerprint density at radius 3 is 2.70 bits per heavy atom. The Kier molecular flexibility index (Phi) is 4.55. The maximum Gasteiger partial charge on any atom is 0.337 e. The largest absolute Gasteiger partial charge is 0.478 e. The molecule has 0 aliphatic heterocycles. The van der Waals surface area contributed by atoms with E-state index in [4.69, 9.17) is 16.7 Å². The van der Waals surface area contributed by atoms with Crippen LogP contribution in [0.15, 0.2) is 16.9 Å². The minimum atomic E-state index is -0.950. The van der Waals surface area contributed by atoms with Gasteiger partial charge in [-0.1, -0.05) is 18.5 Å². The molecule has 0 fully saturated rings. The first-order valence-corrected chi connectivity index (χ1v) is 7.48. The van der Waals surface area contributed by atoms with Crippen molar-refractivity contribution in [1.82, 2.24) is 14.3 Å². The first-order valence-electron chi connectivity index (χ1n) is 6.30. The summed E-state index contributed by atoms with van der Waals surface area (Å²) in [6.45, 7) is 5.21. The lowest BCUT2D eigenvalue weighted by atomic mass is 10.3. The molecule has 5 nitrogen and oxygen atoms in total. The predicted octanol–water partition coefficient (Wildman–Crippen LogP) is 3.43. The number of aromatic nitrogens is 3. The molecule has 0 bridgehead atoms. The molecular weight excluding hydrogens is 346 g/mol. The fraction of sp³-hybridized carbons (Fsp3) is 0.385. The number of hydrogen-bond donors (Lipinski definition) is 1. The van der Waals surface area contributed by atoms with Gasteiger partial charge in [-0.05, 0) is 35.3 Å². The Labute approximate surface area is 130 Å². The van der Waals surface area contributed by atoms with Gasteiger partial charge in [0.05, 0.1) is 33.1 Å². The molecule has 0 unspecified atom stereocenters. The van der Waals surface area contributed by atoms with E-state index in [1.54, 1.807) is 16.8 Å². The molecule has 2 aromatic heterocycles. The SMILES string of the molecule is CCc1nn(CC)c(Cn2cc(C(=O)O)cc2Br)c1Cl. The van der Waals surface area contributed by atoms with Crippen molar-refractivity contribution in [3.8, 4) is 0 Å². The van der Waals surface area contributed by atoms with Crippen LogP contribution in [0.2, 0.25) is 5.02 Å². The minimum Gasteiger partial charge on any atom is -0.478 e. The van der Waals surface area contributed by atoms with Crippen LogP contribution in [0.1, 0.15) is 35.6 Å². The number of carboxylic acids is 1. The normalized spacial score (nSPS) is 11.0. The van der Waals surface area contributed by atoms with E-state index in [-0.39, 0.29) is 5.56 Å². The van der Waals surface area contributed by atoms with Gasteiger partial charge in [-0.15, -0.1) is 0 Å². The van der Waals surface area contributed by atoms with Crippen LogP contribution >= 0.6 is 27.5 Å². The number of aromatic carboxylic acids is 1. The highest BCUT2D eigenvalue weighted by Gasteiger charge is 2.17. The van der Waals surface area contributed by atoms with Crippen LogP contribution in [0, 0.1) is 0 Å². The van der Waals surface area contributed by atoms with Gasteiger partial charge in [-0.2, -0.15) is 5.10 Å². The molecule has 0 atom stereocenters. The zero-order valence-electron chi connectivity index (χ0n) is 11.2. The average Bonchev–Trinajstić information content (AvgIpc) is 2.93. The predicted molar refractivity (Wildman–Crippen MR) is 80.5 cm³/mol. The highest BCUT2D eigenvalue weighted by atomic mass is 79.9. The summed E-state index contributed by atoms with van der Waals surface area (Å²) < 4.78 is 4.36. The molecule has 0 radical (unpaired) electrons. The summed E-state index contributed by atoms with van der Waals surface area (Å²) in [7, 11) is 0. The molecule has 1 N–H and O–H groups in total. The van der Waals surface area contributed by atoms with Gasteiger partial charge in [-0.25, -0.2) is 4.79 Å². The second kappa shape index (κ2) is 6.01. The Bertz CT molecular complexity index is 648. The van der Waals surface area contributed by atoms with E-state index < -0.39 is 5.97 Å². The van der Waals surface area contributed by atoms with Crippen LogP contribution in [-0.2, 0) is 19.5 Å². The van der Waals surface area contributed by atoms with Crippen molar-refractivity contribution in [3.05, 3.63) is 38.8 Å². The summed E-state index contributed by atoms with van der Waals surface area (Å²) in [5, 5.41) is 14.1. The van der Waals surface area contributed by atoms with E-state index in [1.165, 1.54) is 0 Å². The molecule has 7 heteroatoms. The standard InChI is InChI=1S/C13H15BrClN3O2/c1-3-9-12(15)10(18(4-2)16-9)7-17-6-8(13(19)20)5-11(17)14/h5-6H,3-4,7H2,1-2H3,(H,19,20). The van der Waals surface area contributed by atoms with Crippen molar-refractivity contribution in [3.63, 3.8) is 0 Å². The summed E-state index contributed by atoms with van der Waals surface area (Å²) in [5.41, 5.74) is 2.00. The summed E-state index contributed by atoms with van der Waals surface area (Å²) in [6, 6.07) is 1.57. The van der Waals surface area contributed by atoms with E-state index in [1.807, 2.05) is 18.5 Å². The van der Waals surface area contributed by atoms with Crippen LogP contribution in [0.3, 0.4) is 0 Å². The van der Waals surface area contributed by atoms with Crippen molar-refractivity contribution in [1.29, 1.82) is 0 Å². The van der Waals surface area contributed by atoms with Gasteiger partial charge in [0.1, 0.15) is 0 Å². The van der Waals surface area contributed by atoms with Crippen molar-refractivity contribution < 1.29 is 9.90 Å². The van der Waals surface area contributed by atoms with Crippen LogP contribution in [0.4, 0.5) is 0 Å². The van der Waals surface area contributed by atoms with E-state index in [0.717, 1.165) is 24.4 Å². The molecule has 0 saturated carbocycles. The van der Waals surface area contributed by atoms with Crippen molar-refractivity contribution in [2.24, 2.45) is 0 Å². The zero-order valence-corrected chi connectivity index (χ0v) is 13.6. The number of carboxylic acid groups (broad SMARTS) is 1. The minimum absolute atomic E-state index is 0.242. The number of aryl methyl sites for hydroxylation is 2. The maximum absolute atomic E-state index is 11.0. The second-order valence-electron chi connectivity index (χ2n) is 4.36. The van der Waals surface area contributed by atoms with Crippen LogP contribution in [0.5, 0.6) is 0 Å². The maximum atomic E-state index is 11.0. The molecular formula is C13H15BrClN3O2. The van der Waals surface area contributed by atoms with Crippen molar-refractivity contribution in [2.75, 3.05) is 0 Å². The monoisotopic (exact) mass is 359 g/mol. The van der Waals surface area contributed by atoms with Crippen molar-refractivity contribution in [2.45, 2.75) is 33.4 Å². The molecule has 0 aliphatic rings. The molecule has 108 valence electrons. The summed E-state index contributed by atoms with van der Waals surface area (Å²) in [4.78, 5) is 11.0. The van der Waals surface area contributed by atoms with E-state index >= 15 is 0 Å². The molecule has 0 saturated heterocycles. The topological polar surface area (TPSA) is 60.0 Å². The number of rotatable bonds is 5. The van der Waals surface area contributed by atoms with Gasteiger partial charge in [-0.3, -0.25) is 4.68 Å². The molecule has 0 spiro atoms. The molecule has 2 heterocycles. The number of halogens is 2. The lowest BCUT2D eigenvalue weighted by Gasteiger charge is -2.08. The number of carbonyl (C=O) groups is 1. The Morgan fingerprint density at radius 2 is 2.20 bits per heavy atom. The van der Waals surface area contributed by atoms with E-state index in [9.17, 15) is 4.79 Å². The van der Waals surface area contributed by atoms with Gasteiger partial charge in [0.25, 0.3) is 0 Å². The summed E-state index contributed by atoms with van der Waals surface area (Å²) >= 11 is 9.72. The zero-order chi connectivity index (χ0) is 14.9. The highest BCUT2D eigenvalue weighted by molar-refractivity contribution is 9.10. The second-order valence-corrected chi connectivity index (χ2v) is 5.55. The molecule has 20 heavy (non-hydrogen) atoms. The summed E-state index contributed by atoms with van der Waals surface area (Å²) in [6.07, 6.45) is 2.35. The lowest BCUT2D eigenvalue weighted by molar-refractivity contribution is 0.0697. The van der Waals surface area contributed by atoms with Crippen LogP contribution in [-0.4, -0.2) is 25.4 Å².